The zero-order valence-corrected chi connectivity index (χ0v) is 12.5. The Morgan fingerprint density at radius 2 is 2.26 bits per heavy atom. The van der Waals surface area contributed by atoms with Crippen molar-refractivity contribution in [3.8, 4) is 5.75 Å². The van der Waals surface area contributed by atoms with E-state index in [1.54, 1.807) is 13.2 Å². The van der Waals surface area contributed by atoms with Crippen molar-refractivity contribution in [1.82, 2.24) is 5.32 Å². The third kappa shape index (κ3) is 5.42. The minimum absolute atomic E-state index is 0.0461. The zero-order valence-electron chi connectivity index (χ0n) is 11.7. The highest BCUT2D eigenvalue weighted by molar-refractivity contribution is 8.00. The van der Waals surface area contributed by atoms with E-state index in [1.165, 1.54) is 11.8 Å². The standard InChI is InChI=1S/C14H22N2O2S/c1-4-5-10(2)16-14(17)9-19-13-7-6-11(15)8-12(13)18-3/h6-8,10H,4-5,9,15H2,1-3H3,(H,16,17). The molecule has 1 atom stereocenters. The van der Waals surface area contributed by atoms with Crippen LogP contribution >= 0.6 is 11.8 Å². The Kier molecular flexibility index (Phi) is 6.56. The van der Waals surface area contributed by atoms with Gasteiger partial charge in [0.25, 0.3) is 0 Å². The van der Waals surface area contributed by atoms with Gasteiger partial charge in [-0.1, -0.05) is 13.3 Å². The number of ether oxygens (including phenoxy) is 1. The van der Waals surface area contributed by atoms with Crippen LogP contribution in [-0.2, 0) is 4.79 Å². The molecule has 19 heavy (non-hydrogen) atoms. The van der Waals surface area contributed by atoms with Crippen molar-refractivity contribution < 1.29 is 9.53 Å². The molecule has 1 aromatic carbocycles. The molecular formula is C14H22N2O2S. The Labute approximate surface area is 119 Å². The first kappa shape index (κ1) is 15.7. The second-order valence-corrected chi connectivity index (χ2v) is 5.47. The SMILES string of the molecule is CCCC(C)NC(=O)CSc1ccc(N)cc1OC. The number of nitrogens with one attached hydrogen (secondary N) is 1. The molecule has 3 N–H and O–H groups in total. The van der Waals surface area contributed by atoms with E-state index in [0.29, 0.717) is 17.2 Å². The number of thioether (sulfide) groups is 1. The Morgan fingerprint density at radius 3 is 2.89 bits per heavy atom. The van der Waals surface area contributed by atoms with Crippen LogP contribution in [0.2, 0.25) is 0 Å². The lowest BCUT2D eigenvalue weighted by Crippen LogP contribution is -2.33. The maximum Gasteiger partial charge on any atom is 0.230 e. The molecule has 106 valence electrons. The molecular weight excluding hydrogens is 260 g/mol. The number of benzene rings is 1. The molecule has 1 amide bonds. The van der Waals surface area contributed by atoms with E-state index in [4.69, 9.17) is 10.5 Å². The van der Waals surface area contributed by atoms with Crippen LogP contribution < -0.4 is 15.8 Å². The molecule has 0 spiro atoms. The van der Waals surface area contributed by atoms with Gasteiger partial charge in [-0.2, -0.15) is 0 Å². The Hall–Kier alpha value is -1.36. The fraction of sp³-hybridized carbons (Fsp3) is 0.500. The average Bonchev–Trinajstić information content (AvgIpc) is 2.37. The molecule has 1 rings (SSSR count). The van der Waals surface area contributed by atoms with Crippen molar-refractivity contribution in [2.45, 2.75) is 37.6 Å². The molecule has 0 aliphatic rings. The topological polar surface area (TPSA) is 64.4 Å². The van der Waals surface area contributed by atoms with Gasteiger partial charge in [0, 0.05) is 22.7 Å². The smallest absolute Gasteiger partial charge is 0.230 e. The summed E-state index contributed by atoms with van der Waals surface area (Å²) in [5, 5.41) is 2.97. The van der Waals surface area contributed by atoms with E-state index in [1.807, 2.05) is 19.1 Å². The summed E-state index contributed by atoms with van der Waals surface area (Å²) in [6.45, 7) is 4.13. The van der Waals surface area contributed by atoms with Crippen molar-refractivity contribution in [3.05, 3.63) is 18.2 Å². The van der Waals surface area contributed by atoms with E-state index in [-0.39, 0.29) is 11.9 Å². The number of amides is 1. The van der Waals surface area contributed by atoms with Crippen LogP contribution in [0, 0.1) is 0 Å². The second kappa shape index (κ2) is 7.94. The van der Waals surface area contributed by atoms with Crippen LogP contribution in [0.25, 0.3) is 0 Å². The lowest BCUT2D eigenvalue weighted by molar-refractivity contribution is -0.119. The molecule has 0 aliphatic heterocycles. The quantitative estimate of drug-likeness (QED) is 0.596. The number of methoxy groups -OCH3 is 1. The zero-order chi connectivity index (χ0) is 14.3. The van der Waals surface area contributed by atoms with Crippen LogP contribution in [0.4, 0.5) is 5.69 Å². The van der Waals surface area contributed by atoms with Gasteiger partial charge < -0.3 is 15.8 Å². The van der Waals surface area contributed by atoms with Crippen molar-refractivity contribution in [2.75, 3.05) is 18.6 Å². The van der Waals surface area contributed by atoms with Gasteiger partial charge in [-0.15, -0.1) is 11.8 Å². The number of carbonyl (C=O) groups is 1. The summed E-state index contributed by atoms with van der Waals surface area (Å²) >= 11 is 1.46. The third-order valence-electron chi connectivity index (χ3n) is 2.68. The van der Waals surface area contributed by atoms with Gasteiger partial charge >= 0.3 is 0 Å². The molecule has 1 unspecified atom stereocenters. The first-order valence-electron chi connectivity index (χ1n) is 6.42. The Morgan fingerprint density at radius 1 is 1.53 bits per heavy atom. The summed E-state index contributed by atoms with van der Waals surface area (Å²) in [4.78, 5) is 12.7. The van der Waals surface area contributed by atoms with Crippen molar-refractivity contribution in [3.63, 3.8) is 0 Å². The molecule has 0 radical (unpaired) electrons. The molecule has 0 fully saturated rings. The van der Waals surface area contributed by atoms with Gasteiger partial charge in [0.2, 0.25) is 5.91 Å². The maximum atomic E-state index is 11.8. The van der Waals surface area contributed by atoms with Gasteiger partial charge in [0.05, 0.1) is 12.9 Å². The Bertz CT molecular complexity index is 424. The normalized spacial score (nSPS) is 11.9. The van der Waals surface area contributed by atoms with E-state index < -0.39 is 0 Å². The molecule has 0 heterocycles. The van der Waals surface area contributed by atoms with Gasteiger partial charge in [-0.3, -0.25) is 4.79 Å². The summed E-state index contributed by atoms with van der Waals surface area (Å²) < 4.78 is 5.25. The lowest BCUT2D eigenvalue weighted by atomic mass is 10.2. The number of hydrogen-bond donors (Lipinski definition) is 2. The molecule has 5 heteroatoms. The molecule has 0 aliphatic carbocycles. The van der Waals surface area contributed by atoms with Crippen LogP contribution in [0.5, 0.6) is 5.75 Å². The van der Waals surface area contributed by atoms with Gasteiger partial charge in [-0.25, -0.2) is 0 Å². The van der Waals surface area contributed by atoms with Gasteiger partial charge in [0.1, 0.15) is 5.75 Å². The van der Waals surface area contributed by atoms with E-state index in [9.17, 15) is 4.79 Å². The summed E-state index contributed by atoms with van der Waals surface area (Å²) in [6.07, 6.45) is 2.07. The minimum Gasteiger partial charge on any atom is -0.496 e. The van der Waals surface area contributed by atoms with E-state index in [0.717, 1.165) is 17.7 Å². The number of carbonyl (C=O) groups excluding carboxylic acids is 1. The number of nitrogens with two attached hydrogens (primary N) is 1. The first-order chi connectivity index (χ1) is 9.06. The van der Waals surface area contributed by atoms with Crippen molar-refractivity contribution in [2.24, 2.45) is 0 Å². The van der Waals surface area contributed by atoms with Crippen molar-refractivity contribution >= 4 is 23.4 Å². The highest BCUT2D eigenvalue weighted by Crippen LogP contribution is 2.30. The van der Waals surface area contributed by atoms with Crippen LogP contribution in [0.15, 0.2) is 23.1 Å². The van der Waals surface area contributed by atoms with Gasteiger partial charge in [-0.05, 0) is 25.5 Å². The number of anilines is 1. The molecule has 0 saturated heterocycles. The first-order valence-corrected chi connectivity index (χ1v) is 7.41. The van der Waals surface area contributed by atoms with Crippen LogP contribution in [0.3, 0.4) is 0 Å². The largest absolute Gasteiger partial charge is 0.496 e. The lowest BCUT2D eigenvalue weighted by Gasteiger charge is -2.13. The molecule has 0 bridgehead atoms. The van der Waals surface area contributed by atoms with Crippen molar-refractivity contribution in [1.29, 1.82) is 0 Å². The Balaban J connectivity index is 2.50. The van der Waals surface area contributed by atoms with E-state index >= 15 is 0 Å². The summed E-state index contributed by atoms with van der Waals surface area (Å²) in [7, 11) is 1.60. The molecule has 1 aromatic rings. The van der Waals surface area contributed by atoms with Gasteiger partial charge in [0.15, 0.2) is 0 Å². The van der Waals surface area contributed by atoms with E-state index in [2.05, 4.69) is 12.2 Å². The molecule has 0 saturated carbocycles. The number of hydrogen-bond acceptors (Lipinski definition) is 4. The summed E-state index contributed by atoms with van der Waals surface area (Å²) in [6, 6.07) is 5.68. The predicted octanol–water partition coefficient (Wildman–Crippen LogP) is 2.67. The monoisotopic (exact) mass is 282 g/mol. The molecule has 0 aromatic heterocycles. The fourth-order valence-corrected chi connectivity index (χ4v) is 2.59. The highest BCUT2D eigenvalue weighted by Gasteiger charge is 2.09. The number of nitrogen functional groups attached to an aromatic ring is 1. The second-order valence-electron chi connectivity index (χ2n) is 4.46. The average molecular weight is 282 g/mol. The van der Waals surface area contributed by atoms with Crippen LogP contribution in [-0.4, -0.2) is 24.8 Å². The van der Waals surface area contributed by atoms with Crippen LogP contribution in [0.1, 0.15) is 26.7 Å². The third-order valence-corrected chi connectivity index (χ3v) is 3.73. The highest BCUT2D eigenvalue weighted by atomic mass is 32.2. The summed E-state index contributed by atoms with van der Waals surface area (Å²) in [5.41, 5.74) is 6.34. The summed E-state index contributed by atoms with van der Waals surface area (Å²) in [5.74, 6) is 1.14. The maximum absolute atomic E-state index is 11.8. The predicted molar refractivity (Wildman–Crippen MR) is 80.6 cm³/mol. The molecule has 4 nitrogen and oxygen atoms in total. The fourth-order valence-electron chi connectivity index (χ4n) is 1.77. The number of rotatable bonds is 7. The minimum atomic E-state index is 0.0461.